The minimum absolute atomic E-state index is 0.0768. The molecule has 9 atom stereocenters. The number of methoxy groups -OCH3 is 1. The fourth-order valence-electron chi connectivity index (χ4n) is 7.51. The van der Waals surface area contributed by atoms with Gasteiger partial charge in [-0.25, -0.2) is 4.79 Å². The molecular formula is C25H28N2O6. The largest absolute Gasteiger partial charge is 0.467 e. The van der Waals surface area contributed by atoms with Gasteiger partial charge in [0, 0.05) is 6.54 Å². The van der Waals surface area contributed by atoms with Crippen LogP contribution in [-0.2, 0) is 28.7 Å². The van der Waals surface area contributed by atoms with Crippen LogP contribution >= 0.6 is 0 Å². The molecule has 0 aromatic rings. The van der Waals surface area contributed by atoms with Gasteiger partial charge in [0.1, 0.15) is 6.04 Å². The molecular weight excluding hydrogens is 424 g/mol. The number of fused-ring (bicyclic) bond motifs is 10. The average Bonchev–Trinajstić information content (AvgIpc) is 3.64. The van der Waals surface area contributed by atoms with Crippen LogP contribution in [0.2, 0.25) is 0 Å². The minimum atomic E-state index is -0.954. The van der Waals surface area contributed by atoms with Crippen LogP contribution in [0.15, 0.2) is 24.3 Å². The fraction of sp³-hybridized carbons (Fsp3) is 0.640. The summed E-state index contributed by atoms with van der Waals surface area (Å²) in [5, 5.41) is 0. The molecule has 174 valence electrons. The quantitative estimate of drug-likeness (QED) is 0.250. The predicted octanol–water partition coefficient (Wildman–Crippen LogP) is 1.31. The van der Waals surface area contributed by atoms with E-state index in [9.17, 15) is 24.0 Å². The molecule has 2 saturated carbocycles. The first kappa shape index (κ1) is 20.8. The van der Waals surface area contributed by atoms with E-state index in [1.165, 1.54) is 12.0 Å². The summed E-state index contributed by atoms with van der Waals surface area (Å²) >= 11 is 0. The first-order valence-corrected chi connectivity index (χ1v) is 12.1. The van der Waals surface area contributed by atoms with Crippen LogP contribution in [0.25, 0.3) is 0 Å². The number of hydrogen-bond donors (Lipinski definition) is 0. The topological polar surface area (TPSA) is 101 Å². The molecule has 0 unspecified atom stereocenters. The highest BCUT2D eigenvalue weighted by Gasteiger charge is 2.61. The predicted molar refractivity (Wildman–Crippen MR) is 114 cm³/mol. The molecule has 4 aliphatic carbocycles. The smallest absolute Gasteiger partial charge is 0.329 e. The molecule has 0 spiro atoms. The van der Waals surface area contributed by atoms with Gasteiger partial charge in [-0.1, -0.05) is 24.3 Å². The lowest BCUT2D eigenvalue weighted by Crippen LogP contribution is -2.47. The second kappa shape index (κ2) is 7.37. The Morgan fingerprint density at radius 2 is 1.27 bits per heavy atom. The highest BCUT2D eigenvalue weighted by Crippen LogP contribution is 2.54. The SMILES string of the molecule is COC(=O)[C@H](CCCCN1C(=O)[C@H]2[C@H](C1=O)[C@H]1C=C[C@H]2C1)N1C(=O)[C@@H]2[C@H](C1=O)[C@H]1C=C[C@H]2C1. The van der Waals surface area contributed by atoms with E-state index in [1.807, 2.05) is 12.2 Å². The van der Waals surface area contributed by atoms with Gasteiger partial charge in [0.25, 0.3) is 0 Å². The van der Waals surface area contributed by atoms with Crippen LogP contribution < -0.4 is 0 Å². The zero-order valence-corrected chi connectivity index (χ0v) is 18.6. The van der Waals surface area contributed by atoms with Crippen LogP contribution in [-0.4, -0.2) is 59.1 Å². The number of allylic oxidation sites excluding steroid dienone is 4. The van der Waals surface area contributed by atoms with E-state index in [4.69, 9.17) is 4.74 Å². The van der Waals surface area contributed by atoms with Crippen molar-refractivity contribution in [3.8, 4) is 0 Å². The maximum atomic E-state index is 13.1. The lowest BCUT2D eigenvalue weighted by Gasteiger charge is -2.26. The number of rotatable bonds is 7. The summed E-state index contributed by atoms with van der Waals surface area (Å²) in [6, 6.07) is -0.954. The fourth-order valence-corrected chi connectivity index (χ4v) is 7.51. The molecule has 0 radical (unpaired) electrons. The first-order chi connectivity index (χ1) is 15.9. The number of unbranched alkanes of at least 4 members (excludes halogenated alkanes) is 1. The Hall–Kier alpha value is -2.77. The minimum Gasteiger partial charge on any atom is -0.467 e. The monoisotopic (exact) mass is 452 g/mol. The molecule has 4 fully saturated rings. The molecule has 2 heterocycles. The number of ether oxygens (including phenoxy) is 1. The van der Waals surface area contributed by atoms with Crippen LogP contribution in [0.3, 0.4) is 0 Å². The highest BCUT2D eigenvalue weighted by molar-refractivity contribution is 6.09. The van der Waals surface area contributed by atoms with E-state index in [-0.39, 0.29) is 77.4 Å². The molecule has 4 bridgehead atoms. The van der Waals surface area contributed by atoms with Crippen molar-refractivity contribution in [1.29, 1.82) is 0 Å². The Labute approximate surface area is 192 Å². The maximum absolute atomic E-state index is 13.1. The Morgan fingerprint density at radius 1 is 0.818 bits per heavy atom. The number of imide groups is 2. The third-order valence-corrected chi connectivity index (χ3v) is 8.96. The van der Waals surface area contributed by atoms with E-state index >= 15 is 0 Å². The molecule has 0 N–H and O–H groups in total. The van der Waals surface area contributed by atoms with Gasteiger partial charge in [0.2, 0.25) is 23.6 Å². The van der Waals surface area contributed by atoms with Crippen LogP contribution in [0.5, 0.6) is 0 Å². The number of carbonyl (C=O) groups is 5. The summed E-state index contributed by atoms with van der Waals surface area (Å²) in [7, 11) is 1.26. The van der Waals surface area contributed by atoms with Crippen LogP contribution in [0.4, 0.5) is 0 Å². The van der Waals surface area contributed by atoms with Gasteiger partial charge in [0.15, 0.2) is 0 Å². The van der Waals surface area contributed by atoms with Gasteiger partial charge in [-0.15, -0.1) is 0 Å². The van der Waals surface area contributed by atoms with E-state index in [0.29, 0.717) is 19.4 Å². The number of likely N-dealkylation sites (tertiary alicyclic amines) is 2. The van der Waals surface area contributed by atoms with Crippen molar-refractivity contribution >= 4 is 29.6 Å². The van der Waals surface area contributed by atoms with Crippen molar-refractivity contribution in [2.75, 3.05) is 13.7 Å². The number of hydrogen-bond acceptors (Lipinski definition) is 6. The van der Waals surface area contributed by atoms with Crippen molar-refractivity contribution in [3.05, 3.63) is 24.3 Å². The van der Waals surface area contributed by atoms with Crippen molar-refractivity contribution < 1.29 is 28.7 Å². The molecule has 2 saturated heterocycles. The molecule has 4 amide bonds. The molecule has 33 heavy (non-hydrogen) atoms. The zero-order chi connectivity index (χ0) is 23.0. The Balaban J connectivity index is 1.09. The molecule has 6 aliphatic rings. The number of amides is 4. The van der Waals surface area contributed by atoms with Crippen molar-refractivity contribution in [1.82, 2.24) is 9.80 Å². The molecule has 8 heteroatoms. The Morgan fingerprint density at radius 3 is 1.73 bits per heavy atom. The van der Waals surface area contributed by atoms with Gasteiger partial charge in [0.05, 0.1) is 30.8 Å². The molecule has 0 aromatic carbocycles. The standard InChI is InChI=1S/C25H28N2O6/c1-33-25(32)16(27-23(30)19-14-7-8-15(11-14)20(19)24(27)31)4-2-3-9-26-21(28)17-12-5-6-13(10-12)18(17)22(26)29/h5-8,12-20H,2-4,9-11H2,1H3/t12-,13-,14-,15-,16-,17+,18+,19-,20+/m0/s1. The summed E-state index contributed by atoms with van der Waals surface area (Å²) in [5.74, 6) is -1.89. The van der Waals surface area contributed by atoms with Gasteiger partial charge < -0.3 is 4.74 Å². The van der Waals surface area contributed by atoms with E-state index < -0.39 is 12.0 Å². The van der Waals surface area contributed by atoms with E-state index in [2.05, 4.69) is 12.2 Å². The lowest BCUT2D eigenvalue weighted by atomic mass is 9.85. The number of nitrogens with zero attached hydrogens (tertiary/aromatic N) is 2. The molecule has 6 rings (SSSR count). The zero-order valence-electron chi connectivity index (χ0n) is 18.6. The highest BCUT2D eigenvalue weighted by atomic mass is 16.5. The van der Waals surface area contributed by atoms with Gasteiger partial charge in [-0.2, -0.15) is 0 Å². The molecule has 2 aliphatic heterocycles. The first-order valence-electron chi connectivity index (χ1n) is 12.1. The number of carbonyl (C=O) groups excluding carboxylic acids is 5. The third kappa shape index (κ3) is 2.78. The maximum Gasteiger partial charge on any atom is 0.329 e. The second-order valence-corrected chi connectivity index (χ2v) is 10.4. The average molecular weight is 453 g/mol. The third-order valence-electron chi connectivity index (χ3n) is 8.96. The Kier molecular flexibility index (Phi) is 4.65. The lowest BCUT2D eigenvalue weighted by molar-refractivity contribution is -0.157. The molecule has 8 nitrogen and oxygen atoms in total. The van der Waals surface area contributed by atoms with Gasteiger partial charge in [-0.3, -0.25) is 29.0 Å². The van der Waals surface area contributed by atoms with Crippen molar-refractivity contribution in [3.63, 3.8) is 0 Å². The summed E-state index contributed by atoms with van der Waals surface area (Å²) < 4.78 is 4.93. The van der Waals surface area contributed by atoms with Crippen molar-refractivity contribution in [2.24, 2.45) is 47.3 Å². The summed E-state index contributed by atoms with van der Waals surface area (Å²) in [6.45, 7) is 0.305. The second-order valence-electron chi connectivity index (χ2n) is 10.4. The van der Waals surface area contributed by atoms with Crippen LogP contribution in [0.1, 0.15) is 32.1 Å². The van der Waals surface area contributed by atoms with Gasteiger partial charge >= 0.3 is 5.97 Å². The summed E-state index contributed by atoms with van der Waals surface area (Å²) in [5.41, 5.74) is 0. The van der Waals surface area contributed by atoms with Gasteiger partial charge in [-0.05, 0) is 55.8 Å². The van der Waals surface area contributed by atoms with E-state index in [0.717, 1.165) is 17.7 Å². The Bertz CT molecular complexity index is 956. The summed E-state index contributed by atoms with van der Waals surface area (Å²) in [6.07, 6.45) is 11.2. The van der Waals surface area contributed by atoms with E-state index in [1.54, 1.807) is 0 Å². The summed E-state index contributed by atoms with van der Waals surface area (Å²) in [4.78, 5) is 67.0. The molecule has 0 aromatic heterocycles. The van der Waals surface area contributed by atoms with Crippen LogP contribution in [0, 0.1) is 47.3 Å². The van der Waals surface area contributed by atoms with Crippen molar-refractivity contribution in [2.45, 2.75) is 38.1 Å². The number of esters is 1. The normalized spacial score (nSPS) is 40.4.